The predicted molar refractivity (Wildman–Crippen MR) is 104 cm³/mol. The highest BCUT2D eigenvalue weighted by molar-refractivity contribution is 5.52. The Kier molecular flexibility index (Phi) is 4.46. The highest BCUT2D eigenvalue weighted by Gasteiger charge is 2.49. The third-order valence-corrected chi connectivity index (χ3v) is 7.58. The van der Waals surface area contributed by atoms with Crippen LogP contribution >= 0.6 is 0 Å². The molecule has 1 aromatic carbocycles. The van der Waals surface area contributed by atoms with Gasteiger partial charge in [-0.05, 0) is 67.7 Å². The number of aliphatic hydroxyl groups excluding tert-OH is 1. The van der Waals surface area contributed by atoms with Crippen LogP contribution in [0.3, 0.4) is 0 Å². The standard InChI is InChI=1S/C22H32N2O2/c25-15-22-14-24(13-19(22)8-11-26-16-22)20-6-9-23(10-7-20)21-5-4-17-2-1-3-18(17)12-21/h4-5,12,19-20,25H,1-3,6-11,13-16H2/t19-,22+/m0/s1. The summed E-state index contributed by atoms with van der Waals surface area (Å²) in [6, 6.07) is 7.83. The first-order valence-electron chi connectivity index (χ1n) is 10.6. The lowest BCUT2D eigenvalue weighted by molar-refractivity contribution is -0.0566. The van der Waals surface area contributed by atoms with Crippen molar-refractivity contribution < 1.29 is 9.84 Å². The number of aliphatic hydroxyl groups is 1. The molecule has 3 fully saturated rings. The molecule has 142 valence electrons. The maximum atomic E-state index is 10.0. The molecule has 1 aliphatic carbocycles. The van der Waals surface area contributed by atoms with E-state index in [0.29, 0.717) is 12.0 Å². The topological polar surface area (TPSA) is 35.9 Å². The fraction of sp³-hybridized carbons (Fsp3) is 0.727. The van der Waals surface area contributed by atoms with E-state index in [1.807, 2.05) is 0 Å². The molecule has 3 heterocycles. The number of nitrogens with zero attached hydrogens (tertiary/aromatic N) is 2. The second kappa shape index (κ2) is 6.81. The lowest BCUT2D eigenvalue weighted by Crippen LogP contribution is -2.46. The molecule has 0 saturated carbocycles. The van der Waals surface area contributed by atoms with Crippen LogP contribution in [0.15, 0.2) is 18.2 Å². The van der Waals surface area contributed by atoms with E-state index in [1.165, 1.54) is 37.8 Å². The molecule has 0 unspecified atom stereocenters. The average Bonchev–Trinajstić information content (AvgIpc) is 3.32. The van der Waals surface area contributed by atoms with Gasteiger partial charge in [-0.15, -0.1) is 0 Å². The van der Waals surface area contributed by atoms with Crippen molar-refractivity contribution in [2.45, 2.75) is 44.6 Å². The van der Waals surface area contributed by atoms with Crippen molar-refractivity contribution in [3.63, 3.8) is 0 Å². The van der Waals surface area contributed by atoms with Gasteiger partial charge in [-0.1, -0.05) is 6.07 Å². The van der Waals surface area contributed by atoms with E-state index in [-0.39, 0.29) is 12.0 Å². The summed E-state index contributed by atoms with van der Waals surface area (Å²) in [5, 5.41) is 10.0. The molecule has 5 rings (SSSR count). The molecule has 4 heteroatoms. The lowest BCUT2D eigenvalue weighted by Gasteiger charge is -2.39. The van der Waals surface area contributed by atoms with E-state index in [9.17, 15) is 5.11 Å². The summed E-state index contributed by atoms with van der Waals surface area (Å²) in [5.41, 5.74) is 4.59. The first kappa shape index (κ1) is 17.0. The van der Waals surface area contributed by atoms with Crippen molar-refractivity contribution in [2.24, 2.45) is 11.3 Å². The van der Waals surface area contributed by atoms with E-state index >= 15 is 0 Å². The van der Waals surface area contributed by atoms with Crippen molar-refractivity contribution >= 4 is 5.69 Å². The monoisotopic (exact) mass is 356 g/mol. The van der Waals surface area contributed by atoms with Crippen LogP contribution in [0.1, 0.15) is 36.8 Å². The number of fused-ring (bicyclic) bond motifs is 2. The molecule has 2 atom stereocenters. The molecule has 0 spiro atoms. The Hall–Kier alpha value is -1.10. The Balaban J connectivity index is 1.22. The molecule has 1 aromatic rings. The van der Waals surface area contributed by atoms with Crippen LogP contribution < -0.4 is 4.90 Å². The molecule has 0 amide bonds. The zero-order chi connectivity index (χ0) is 17.6. The van der Waals surface area contributed by atoms with Gasteiger partial charge >= 0.3 is 0 Å². The minimum absolute atomic E-state index is 0.00929. The summed E-state index contributed by atoms with van der Waals surface area (Å²) < 4.78 is 5.73. The summed E-state index contributed by atoms with van der Waals surface area (Å²) in [6.07, 6.45) is 7.46. The molecule has 3 saturated heterocycles. The van der Waals surface area contributed by atoms with Crippen molar-refractivity contribution in [1.29, 1.82) is 0 Å². The number of hydrogen-bond acceptors (Lipinski definition) is 4. The summed E-state index contributed by atoms with van der Waals surface area (Å²) in [4.78, 5) is 5.26. The second-order valence-electron chi connectivity index (χ2n) is 9.01. The van der Waals surface area contributed by atoms with Gasteiger partial charge in [0.2, 0.25) is 0 Å². The molecule has 0 radical (unpaired) electrons. The number of hydrogen-bond donors (Lipinski definition) is 1. The number of benzene rings is 1. The highest BCUT2D eigenvalue weighted by atomic mass is 16.5. The number of rotatable bonds is 3. The largest absolute Gasteiger partial charge is 0.396 e. The van der Waals surface area contributed by atoms with Crippen LogP contribution in [0.25, 0.3) is 0 Å². The predicted octanol–water partition coefficient (Wildman–Crippen LogP) is 2.47. The van der Waals surface area contributed by atoms with Gasteiger partial charge in [0.05, 0.1) is 13.2 Å². The third-order valence-electron chi connectivity index (χ3n) is 7.58. The van der Waals surface area contributed by atoms with Gasteiger partial charge in [-0.2, -0.15) is 0 Å². The summed E-state index contributed by atoms with van der Waals surface area (Å²) >= 11 is 0. The normalized spacial score (nSPS) is 32.7. The van der Waals surface area contributed by atoms with Gasteiger partial charge in [-0.3, -0.25) is 4.90 Å². The van der Waals surface area contributed by atoms with Gasteiger partial charge in [0.1, 0.15) is 0 Å². The summed E-state index contributed by atoms with van der Waals surface area (Å²) in [6.45, 7) is 6.41. The Bertz CT molecular complexity index is 656. The van der Waals surface area contributed by atoms with E-state index in [2.05, 4.69) is 28.0 Å². The molecule has 4 aliphatic rings. The maximum absolute atomic E-state index is 10.0. The van der Waals surface area contributed by atoms with Crippen LogP contribution in [0.5, 0.6) is 0 Å². The Morgan fingerprint density at radius 1 is 1.12 bits per heavy atom. The van der Waals surface area contributed by atoms with Gasteiger partial charge in [0.15, 0.2) is 0 Å². The van der Waals surface area contributed by atoms with Gasteiger partial charge < -0.3 is 14.7 Å². The van der Waals surface area contributed by atoms with Crippen LogP contribution in [0.4, 0.5) is 5.69 Å². The Morgan fingerprint density at radius 3 is 2.77 bits per heavy atom. The number of anilines is 1. The van der Waals surface area contributed by atoms with Crippen molar-refractivity contribution in [3.8, 4) is 0 Å². The Morgan fingerprint density at radius 2 is 1.96 bits per heavy atom. The van der Waals surface area contributed by atoms with Crippen LogP contribution in [-0.4, -0.2) is 62.0 Å². The summed E-state index contributed by atoms with van der Waals surface area (Å²) in [5.74, 6) is 0.621. The van der Waals surface area contributed by atoms with Crippen LogP contribution in [-0.2, 0) is 17.6 Å². The van der Waals surface area contributed by atoms with E-state index in [1.54, 1.807) is 11.1 Å². The molecule has 1 N–H and O–H groups in total. The second-order valence-corrected chi connectivity index (χ2v) is 9.01. The molecule has 3 aliphatic heterocycles. The highest BCUT2D eigenvalue weighted by Crippen LogP contribution is 2.42. The fourth-order valence-electron chi connectivity index (χ4n) is 5.88. The molecule has 0 bridgehead atoms. The first-order valence-corrected chi connectivity index (χ1v) is 10.6. The maximum Gasteiger partial charge on any atom is 0.0559 e. The lowest BCUT2D eigenvalue weighted by atomic mass is 9.76. The molecule has 0 aromatic heterocycles. The first-order chi connectivity index (χ1) is 12.8. The van der Waals surface area contributed by atoms with E-state index < -0.39 is 0 Å². The van der Waals surface area contributed by atoms with Gasteiger partial charge in [0.25, 0.3) is 0 Å². The third kappa shape index (κ3) is 2.87. The van der Waals surface area contributed by atoms with Gasteiger partial charge in [0, 0.05) is 49.9 Å². The molecular weight excluding hydrogens is 324 g/mol. The van der Waals surface area contributed by atoms with Crippen molar-refractivity contribution in [3.05, 3.63) is 29.3 Å². The zero-order valence-corrected chi connectivity index (χ0v) is 15.8. The Labute approximate surface area is 157 Å². The molecule has 4 nitrogen and oxygen atoms in total. The van der Waals surface area contributed by atoms with Crippen LogP contribution in [0.2, 0.25) is 0 Å². The smallest absolute Gasteiger partial charge is 0.0559 e. The average molecular weight is 357 g/mol. The quantitative estimate of drug-likeness (QED) is 0.903. The molecular formula is C22H32N2O2. The minimum atomic E-state index is 0.00929. The van der Waals surface area contributed by atoms with Crippen molar-refractivity contribution in [2.75, 3.05) is 50.9 Å². The SMILES string of the molecule is OC[C@]12COCC[C@H]1CN(C1CCN(c3ccc4c(c3)CCC4)CC1)C2. The van der Waals surface area contributed by atoms with Crippen LogP contribution in [0, 0.1) is 11.3 Å². The van der Waals surface area contributed by atoms with Gasteiger partial charge in [-0.25, -0.2) is 0 Å². The van der Waals surface area contributed by atoms with Crippen molar-refractivity contribution in [1.82, 2.24) is 4.90 Å². The summed E-state index contributed by atoms with van der Waals surface area (Å²) in [7, 11) is 0. The number of ether oxygens (including phenoxy) is 1. The number of aryl methyl sites for hydroxylation is 2. The van der Waals surface area contributed by atoms with E-state index in [0.717, 1.165) is 45.8 Å². The molecule has 26 heavy (non-hydrogen) atoms. The minimum Gasteiger partial charge on any atom is -0.396 e. The number of piperidine rings is 1. The fourth-order valence-corrected chi connectivity index (χ4v) is 5.88. The zero-order valence-electron chi connectivity index (χ0n) is 15.8. The number of likely N-dealkylation sites (tertiary alicyclic amines) is 1. The van der Waals surface area contributed by atoms with E-state index in [4.69, 9.17) is 4.74 Å².